The Hall–Kier alpha value is -3.19. The first kappa shape index (κ1) is 15.8. The van der Waals surface area contributed by atoms with Gasteiger partial charge in [-0.05, 0) is 24.8 Å². The van der Waals surface area contributed by atoms with Crippen molar-refractivity contribution in [2.75, 3.05) is 0 Å². The second-order valence-electron chi connectivity index (χ2n) is 7.33. The van der Waals surface area contributed by atoms with Crippen LogP contribution in [0.25, 0.3) is 38.0 Å². The number of benzene rings is 2. The summed E-state index contributed by atoms with van der Waals surface area (Å²) in [5.74, 6) is -0.957. The predicted octanol–water partition coefficient (Wildman–Crippen LogP) is 6.27. The normalized spacial score (nSPS) is 13.0. The second-order valence-corrected chi connectivity index (χ2v) is 7.33. The van der Waals surface area contributed by atoms with Crippen molar-refractivity contribution in [3.05, 3.63) is 71.0 Å². The number of aryl methyl sites for hydroxylation is 2. The van der Waals surface area contributed by atoms with Crippen LogP contribution in [0.5, 0.6) is 0 Å². The molecule has 0 aliphatic rings. The zero-order chi connectivity index (χ0) is 21.8. The van der Waals surface area contributed by atoms with E-state index in [1.165, 1.54) is 12.3 Å². The van der Waals surface area contributed by atoms with Crippen molar-refractivity contribution >= 4 is 27.6 Å². The molecule has 0 saturated carbocycles. The molecule has 0 spiro atoms. The Balaban J connectivity index is 2.04. The quantitative estimate of drug-likeness (QED) is 0.305. The molecule has 2 aromatic heterocycles. The standard InChI is InChI=1S/C24H22FN2O/c1-14(2)11-16-13-27(5)21(12-19(16)25)22-15(3)9-10-18-17-7-6-8-20(26-4)23(17)28-24(18)22/h6-10,12-14H,11H2,1-3,5H3/q+1/i11D2. The Labute approximate surface area is 166 Å². The highest BCUT2D eigenvalue weighted by atomic mass is 19.1. The van der Waals surface area contributed by atoms with Gasteiger partial charge in [0.15, 0.2) is 6.20 Å². The van der Waals surface area contributed by atoms with Crippen LogP contribution in [-0.4, -0.2) is 0 Å². The van der Waals surface area contributed by atoms with Gasteiger partial charge < -0.3 is 4.42 Å². The van der Waals surface area contributed by atoms with Gasteiger partial charge in [0.2, 0.25) is 11.4 Å². The Morgan fingerprint density at radius 1 is 1.21 bits per heavy atom. The average Bonchev–Trinajstić information content (AvgIpc) is 3.08. The number of para-hydroxylation sites is 1. The molecule has 2 heterocycles. The minimum atomic E-state index is -1.79. The zero-order valence-electron chi connectivity index (χ0n) is 18.3. The van der Waals surface area contributed by atoms with Crippen LogP contribution in [0.1, 0.15) is 27.7 Å². The van der Waals surface area contributed by atoms with Gasteiger partial charge in [-0.15, -0.1) is 0 Å². The highest BCUT2D eigenvalue weighted by molar-refractivity contribution is 6.12. The number of rotatable bonds is 3. The van der Waals surface area contributed by atoms with E-state index in [1.807, 2.05) is 31.2 Å². The molecule has 0 unspecified atom stereocenters. The number of halogens is 1. The lowest BCUT2D eigenvalue weighted by atomic mass is 9.98. The predicted molar refractivity (Wildman–Crippen MR) is 110 cm³/mol. The molecule has 0 N–H and O–H groups in total. The third-order valence-electron chi connectivity index (χ3n) is 4.90. The molecule has 3 nitrogen and oxygen atoms in total. The van der Waals surface area contributed by atoms with Crippen LogP contribution in [-0.2, 0) is 13.4 Å². The van der Waals surface area contributed by atoms with Gasteiger partial charge in [-0.1, -0.05) is 44.2 Å². The van der Waals surface area contributed by atoms with E-state index in [4.69, 9.17) is 13.7 Å². The first-order chi connectivity index (χ1) is 14.2. The zero-order valence-corrected chi connectivity index (χ0v) is 16.3. The van der Waals surface area contributed by atoms with Gasteiger partial charge in [-0.25, -0.2) is 13.8 Å². The van der Waals surface area contributed by atoms with Crippen molar-refractivity contribution < 1.29 is 16.1 Å². The van der Waals surface area contributed by atoms with E-state index in [0.29, 0.717) is 22.5 Å². The fourth-order valence-corrected chi connectivity index (χ4v) is 3.64. The van der Waals surface area contributed by atoms with Gasteiger partial charge in [-0.3, -0.25) is 0 Å². The summed E-state index contributed by atoms with van der Waals surface area (Å²) in [5, 5.41) is 1.70. The Morgan fingerprint density at radius 3 is 2.68 bits per heavy atom. The molecule has 140 valence electrons. The molecule has 28 heavy (non-hydrogen) atoms. The van der Waals surface area contributed by atoms with E-state index in [9.17, 15) is 0 Å². The summed E-state index contributed by atoms with van der Waals surface area (Å²) >= 11 is 0. The molecule has 0 saturated heterocycles. The number of fused-ring (bicyclic) bond motifs is 3. The highest BCUT2D eigenvalue weighted by Crippen LogP contribution is 2.40. The summed E-state index contributed by atoms with van der Waals surface area (Å²) in [5.41, 5.74) is 3.80. The minimum absolute atomic E-state index is 0.0356. The molecule has 0 fully saturated rings. The largest absolute Gasteiger partial charge is 0.466 e. The number of pyridine rings is 1. The topological polar surface area (TPSA) is 21.4 Å². The Bertz CT molecular complexity index is 1350. The number of aromatic nitrogens is 1. The van der Waals surface area contributed by atoms with Crippen molar-refractivity contribution in [1.82, 2.24) is 0 Å². The molecule has 4 aromatic rings. The summed E-state index contributed by atoms with van der Waals surface area (Å²) in [7, 11) is 1.78. The van der Waals surface area contributed by atoms with Crippen LogP contribution in [0, 0.1) is 25.2 Å². The second kappa shape index (κ2) is 6.76. The number of furan rings is 1. The van der Waals surface area contributed by atoms with Crippen molar-refractivity contribution in [2.45, 2.75) is 27.1 Å². The summed E-state index contributed by atoms with van der Waals surface area (Å²) in [6.07, 6.45) is -0.262. The lowest BCUT2D eigenvalue weighted by Gasteiger charge is -2.09. The summed E-state index contributed by atoms with van der Waals surface area (Å²) in [6, 6.07) is 10.7. The van der Waals surface area contributed by atoms with Crippen LogP contribution < -0.4 is 4.57 Å². The van der Waals surface area contributed by atoms with Gasteiger partial charge in [0.05, 0.1) is 17.7 Å². The number of hydrogen-bond donors (Lipinski definition) is 0. The van der Waals surface area contributed by atoms with Gasteiger partial charge >= 0.3 is 0 Å². The highest BCUT2D eigenvalue weighted by Gasteiger charge is 2.23. The van der Waals surface area contributed by atoms with Gasteiger partial charge in [0.1, 0.15) is 24.0 Å². The van der Waals surface area contributed by atoms with E-state index in [-0.39, 0.29) is 11.5 Å². The van der Waals surface area contributed by atoms with Crippen molar-refractivity contribution in [1.29, 1.82) is 0 Å². The molecule has 0 atom stereocenters. The van der Waals surface area contributed by atoms with Crippen LogP contribution in [0.3, 0.4) is 0 Å². The molecule has 4 rings (SSSR count). The maximum absolute atomic E-state index is 15.1. The monoisotopic (exact) mass is 375 g/mol. The fraction of sp³-hybridized carbons (Fsp3) is 0.250. The molecule has 0 radical (unpaired) electrons. The first-order valence-corrected chi connectivity index (χ1v) is 9.19. The maximum Gasteiger partial charge on any atom is 0.229 e. The third kappa shape index (κ3) is 2.84. The summed E-state index contributed by atoms with van der Waals surface area (Å²) in [4.78, 5) is 3.55. The number of nitrogens with zero attached hydrogens (tertiary/aromatic N) is 2. The maximum atomic E-state index is 15.1. The van der Waals surface area contributed by atoms with E-state index in [1.54, 1.807) is 31.5 Å². The molecule has 0 bridgehead atoms. The molecule has 0 amide bonds. The van der Waals surface area contributed by atoms with Crippen molar-refractivity contribution in [3.8, 4) is 11.3 Å². The number of hydrogen-bond acceptors (Lipinski definition) is 1. The molecule has 0 aliphatic carbocycles. The molecular weight excluding hydrogens is 351 g/mol. The summed E-state index contributed by atoms with van der Waals surface area (Å²) in [6.45, 7) is 12.8. The molecule has 2 aromatic carbocycles. The van der Waals surface area contributed by atoms with Crippen LogP contribution in [0.15, 0.2) is 47.0 Å². The van der Waals surface area contributed by atoms with E-state index < -0.39 is 12.2 Å². The molecule has 0 aliphatic heterocycles. The van der Waals surface area contributed by atoms with E-state index in [0.717, 1.165) is 21.9 Å². The lowest BCUT2D eigenvalue weighted by Crippen LogP contribution is -2.32. The van der Waals surface area contributed by atoms with Crippen LogP contribution in [0.4, 0.5) is 10.1 Å². The summed E-state index contributed by atoms with van der Waals surface area (Å²) < 4.78 is 39.6. The van der Waals surface area contributed by atoms with Gasteiger partial charge in [-0.2, -0.15) is 0 Å². The van der Waals surface area contributed by atoms with E-state index >= 15 is 4.39 Å². The Morgan fingerprint density at radius 2 is 1.96 bits per heavy atom. The lowest BCUT2D eigenvalue weighted by molar-refractivity contribution is -0.661. The van der Waals surface area contributed by atoms with Crippen molar-refractivity contribution in [2.24, 2.45) is 13.0 Å². The van der Waals surface area contributed by atoms with Gasteiger partial charge in [0, 0.05) is 19.6 Å². The smallest absolute Gasteiger partial charge is 0.229 e. The fourth-order valence-electron chi connectivity index (χ4n) is 3.64. The van der Waals surface area contributed by atoms with Crippen LogP contribution >= 0.6 is 0 Å². The van der Waals surface area contributed by atoms with Crippen molar-refractivity contribution in [3.63, 3.8) is 0 Å². The SMILES string of the molecule is [2H]C([2H])(c1c[n+](C)c(-c2c(C)ccc3c2oc2c([N+]#[C-])cccc23)cc1F)C(C)C. The average molecular weight is 375 g/mol. The van der Waals surface area contributed by atoms with Gasteiger partial charge in [0.25, 0.3) is 0 Å². The minimum Gasteiger partial charge on any atom is -0.466 e. The Kier molecular flexibility index (Phi) is 3.82. The molecule has 4 heteroatoms. The van der Waals surface area contributed by atoms with Crippen LogP contribution in [0.2, 0.25) is 0 Å². The van der Waals surface area contributed by atoms with E-state index in [2.05, 4.69) is 4.85 Å². The first-order valence-electron chi connectivity index (χ1n) is 10.2. The third-order valence-corrected chi connectivity index (χ3v) is 4.90. The molecular formula is C24H22FN2O+.